The minimum Gasteiger partial charge on any atom is -0.398 e. The third kappa shape index (κ3) is 1.84. The normalized spacial score (nSPS) is 26.5. The zero-order chi connectivity index (χ0) is 12.0. The fourth-order valence-corrected chi connectivity index (χ4v) is 3.40. The molecule has 4 heteroatoms. The molecule has 1 saturated carbocycles. The van der Waals surface area contributed by atoms with E-state index in [1.54, 1.807) is 6.07 Å². The van der Waals surface area contributed by atoms with Crippen LogP contribution in [0.3, 0.4) is 0 Å². The van der Waals surface area contributed by atoms with Gasteiger partial charge in [0.15, 0.2) is 0 Å². The monoisotopic (exact) mass is 294 g/mol. The molecule has 17 heavy (non-hydrogen) atoms. The molecule has 90 valence electrons. The van der Waals surface area contributed by atoms with E-state index in [9.17, 15) is 4.79 Å². The summed E-state index contributed by atoms with van der Waals surface area (Å²) in [6.07, 6.45) is 3.62. The van der Waals surface area contributed by atoms with Crippen molar-refractivity contribution in [2.75, 3.05) is 12.3 Å². The van der Waals surface area contributed by atoms with Crippen molar-refractivity contribution >= 4 is 27.5 Å². The van der Waals surface area contributed by atoms with Gasteiger partial charge in [-0.3, -0.25) is 4.79 Å². The molecule has 0 aromatic heterocycles. The van der Waals surface area contributed by atoms with Crippen molar-refractivity contribution < 1.29 is 4.79 Å². The van der Waals surface area contributed by atoms with Gasteiger partial charge in [0.05, 0.1) is 5.56 Å². The van der Waals surface area contributed by atoms with Gasteiger partial charge in [-0.25, -0.2) is 0 Å². The second-order valence-electron chi connectivity index (χ2n) is 5.02. The summed E-state index contributed by atoms with van der Waals surface area (Å²) < 4.78 is 0.902. The quantitative estimate of drug-likeness (QED) is 0.810. The highest BCUT2D eigenvalue weighted by Gasteiger charge is 2.40. The number of amides is 1. The Kier molecular flexibility index (Phi) is 2.62. The first kappa shape index (κ1) is 11.1. The van der Waals surface area contributed by atoms with Crippen molar-refractivity contribution in [2.24, 2.45) is 5.92 Å². The number of rotatable bonds is 1. The van der Waals surface area contributed by atoms with Crippen LogP contribution in [0.5, 0.6) is 0 Å². The summed E-state index contributed by atoms with van der Waals surface area (Å²) in [7, 11) is 0. The molecule has 1 aromatic rings. The van der Waals surface area contributed by atoms with Gasteiger partial charge in [0.1, 0.15) is 0 Å². The van der Waals surface area contributed by atoms with E-state index in [2.05, 4.69) is 15.9 Å². The number of carbonyl (C=O) groups is 1. The molecule has 3 rings (SSSR count). The van der Waals surface area contributed by atoms with E-state index in [0.717, 1.165) is 23.4 Å². The molecule has 0 spiro atoms. The number of piperidine rings is 1. The largest absolute Gasteiger partial charge is 0.398 e. The van der Waals surface area contributed by atoms with Gasteiger partial charge >= 0.3 is 0 Å². The number of nitrogen functional groups attached to an aromatic ring is 1. The van der Waals surface area contributed by atoms with Crippen LogP contribution in [-0.2, 0) is 0 Å². The van der Waals surface area contributed by atoms with Crippen molar-refractivity contribution in [3.8, 4) is 0 Å². The highest BCUT2D eigenvalue weighted by Crippen LogP contribution is 2.38. The predicted molar refractivity (Wildman–Crippen MR) is 70.7 cm³/mol. The molecule has 2 atom stereocenters. The Morgan fingerprint density at radius 2 is 2.24 bits per heavy atom. The van der Waals surface area contributed by atoms with Crippen LogP contribution in [0.25, 0.3) is 0 Å². The minimum absolute atomic E-state index is 0.0935. The highest BCUT2D eigenvalue weighted by molar-refractivity contribution is 9.10. The van der Waals surface area contributed by atoms with E-state index in [1.165, 1.54) is 12.8 Å². The summed E-state index contributed by atoms with van der Waals surface area (Å²) in [4.78, 5) is 14.4. The maximum absolute atomic E-state index is 12.4. The first-order chi connectivity index (χ1) is 8.15. The Morgan fingerprint density at radius 1 is 1.41 bits per heavy atom. The summed E-state index contributed by atoms with van der Waals surface area (Å²) in [6.45, 7) is 0.912. The topological polar surface area (TPSA) is 46.3 Å². The van der Waals surface area contributed by atoms with E-state index in [0.29, 0.717) is 17.3 Å². The third-order valence-corrected chi connectivity index (χ3v) is 4.41. The predicted octanol–water partition coefficient (Wildman–Crippen LogP) is 2.66. The van der Waals surface area contributed by atoms with E-state index in [4.69, 9.17) is 5.73 Å². The average Bonchev–Trinajstić information content (AvgIpc) is 2.93. The van der Waals surface area contributed by atoms with Crippen LogP contribution in [-0.4, -0.2) is 23.4 Å². The van der Waals surface area contributed by atoms with Crippen LogP contribution in [0.1, 0.15) is 29.6 Å². The lowest BCUT2D eigenvalue weighted by Crippen LogP contribution is -2.37. The average molecular weight is 295 g/mol. The van der Waals surface area contributed by atoms with Gasteiger partial charge in [-0.05, 0) is 43.4 Å². The molecule has 2 unspecified atom stereocenters. The number of carbonyl (C=O) groups excluding carboxylic acids is 1. The number of benzene rings is 1. The molecule has 2 N–H and O–H groups in total. The second kappa shape index (κ2) is 4.02. The minimum atomic E-state index is 0.0935. The fraction of sp³-hybridized carbons (Fsp3) is 0.462. The molecule has 2 fully saturated rings. The van der Waals surface area contributed by atoms with Gasteiger partial charge in [0.2, 0.25) is 0 Å². The number of hydrogen-bond donors (Lipinski definition) is 1. The molecule has 1 saturated heterocycles. The molecule has 2 bridgehead atoms. The van der Waals surface area contributed by atoms with Crippen LogP contribution in [0, 0.1) is 5.92 Å². The van der Waals surface area contributed by atoms with Crippen LogP contribution in [0.4, 0.5) is 5.69 Å². The van der Waals surface area contributed by atoms with E-state index >= 15 is 0 Å². The number of halogens is 1. The lowest BCUT2D eigenvalue weighted by Gasteiger charge is -2.27. The SMILES string of the molecule is Nc1ccc(Br)cc1C(=O)N1CC2CCC1C2. The van der Waals surface area contributed by atoms with Crippen LogP contribution < -0.4 is 5.73 Å². The maximum Gasteiger partial charge on any atom is 0.256 e. The summed E-state index contributed by atoms with van der Waals surface area (Å²) in [5.74, 6) is 0.813. The molecular formula is C13H15BrN2O. The summed E-state index contributed by atoms with van der Waals surface area (Å²) in [6, 6.07) is 5.92. The standard InChI is InChI=1S/C13H15BrN2O/c14-9-2-4-12(15)11(6-9)13(17)16-7-8-1-3-10(16)5-8/h2,4,6,8,10H,1,3,5,7,15H2. The molecular weight excluding hydrogens is 280 g/mol. The van der Waals surface area contributed by atoms with Crippen LogP contribution in [0.15, 0.2) is 22.7 Å². The smallest absolute Gasteiger partial charge is 0.256 e. The molecule has 1 aliphatic carbocycles. The zero-order valence-corrected chi connectivity index (χ0v) is 11.1. The highest BCUT2D eigenvalue weighted by atomic mass is 79.9. The molecule has 1 aromatic carbocycles. The third-order valence-electron chi connectivity index (χ3n) is 3.92. The van der Waals surface area contributed by atoms with Crippen molar-refractivity contribution in [1.82, 2.24) is 4.90 Å². The molecule has 1 heterocycles. The van der Waals surface area contributed by atoms with Crippen LogP contribution >= 0.6 is 15.9 Å². The fourth-order valence-electron chi connectivity index (χ4n) is 3.04. The Balaban J connectivity index is 1.89. The van der Waals surface area contributed by atoms with Crippen molar-refractivity contribution in [1.29, 1.82) is 0 Å². The van der Waals surface area contributed by atoms with Gasteiger partial charge in [-0.15, -0.1) is 0 Å². The van der Waals surface area contributed by atoms with Gasteiger partial charge in [-0.2, -0.15) is 0 Å². The Morgan fingerprint density at radius 3 is 2.88 bits per heavy atom. The van der Waals surface area contributed by atoms with E-state index in [1.807, 2.05) is 17.0 Å². The lowest BCUT2D eigenvalue weighted by atomic mass is 10.1. The number of nitrogens with two attached hydrogens (primary N) is 1. The molecule has 0 radical (unpaired) electrons. The molecule has 3 nitrogen and oxygen atoms in total. The summed E-state index contributed by atoms with van der Waals surface area (Å²) in [5.41, 5.74) is 7.09. The number of fused-ring (bicyclic) bond motifs is 2. The molecule has 1 aliphatic heterocycles. The summed E-state index contributed by atoms with van der Waals surface area (Å²) in [5, 5.41) is 0. The Hall–Kier alpha value is -1.03. The number of anilines is 1. The van der Waals surface area contributed by atoms with Gasteiger partial charge in [0, 0.05) is 22.7 Å². The van der Waals surface area contributed by atoms with Gasteiger partial charge in [-0.1, -0.05) is 15.9 Å². The Labute approximate surface area is 109 Å². The van der Waals surface area contributed by atoms with Gasteiger partial charge < -0.3 is 10.6 Å². The van der Waals surface area contributed by atoms with Gasteiger partial charge in [0.25, 0.3) is 5.91 Å². The van der Waals surface area contributed by atoms with Crippen LogP contribution in [0.2, 0.25) is 0 Å². The summed E-state index contributed by atoms with van der Waals surface area (Å²) >= 11 is 3.39. The Bertz CT molecular complexity index is 474. The first-order valence-electron chi connectivity index (χ1n) is 6.01. The first-order valence-corrected chi connectivity index (χ1v) is 6.80. The molecule has 2 aliphatic rings. The number of likely N-dealkylation sites (tertiary alicyclic amines) is 1. The van der Waals surface area contributed by atoms with E-state index in [-0.39, 0.29) is 5.91 Å². The number of hydrogen-bond acceptors (Lipinski definition) is 2. The van der Waals surface area contributed by atoms with Crippen molar-refractivity contribution in [3.63, 3.8) is 0 Å². The second-order valence-corrected chi connectivity index (χ2v) is 5.94. The molecule has 1 amide bonds. The lowest BCUT2D eigenvalue weighted by molar-refractivity contribution is 0.0704. The number of nitrogens with zero attached hydrogens (tertiary/aromatic N) is 1. The maximum atomic E-state index is 12.4. The zero-order valence-electron chi connectivity index (χ0n) is 9.53. The van der Waals surface area contributed by atoms with Crippen molar-refractivity contribution in [3.05, 3.63) is 28.2 Å². The van der Waals surface area contributed by atoms with E-state index < -0.39 is 0 Å². The van der Waals surface area contributed by atoms with Crippen molar-refractivity contribution in [2.45, 2.75) is 25.3 Å².